The van der Waals surface area contributed by atoms with Crippen LogP contribution in [-0.4, -0.2) is 37.9 Å². The van der Waals surface area contributed by atoms with Crippen molar-refractivity contribution in [3.05, 3.63) is 65.2 Å². The van der Waals surface area contributed by atoms with Gasteiger partial charge >= 0.3 is 0 Å². The van der Waals surface area contributed by atoms with E-state index in [1.54, 1.807) is 6.20 Å². The van der Waals surface area contributed by atoms with Crippen molar-refractivity contribution < 1.29 is 0 Å². The van der Waals surface area contributed by atoms with Gasteiger partial charge in [0.2, 0.25) is 0 Å². The molecule has 4 aliphatic rings. The van der Waals surface area contributed by atoms with Gasteiger partial charge in [-0.25, -0.2) is 20.0 Å². The molecule has 0 saturated carbocycles. The van der Waals surface area contributed by atoms with Crippen LogP contribution in [0.2, 0.25) is 0 Å². The predicted octanol–water partition coefficient (Wildman–Crippen LogP) is 0.667. The average molecular weight is 320 g/mol. The lowest BCUT2D eigenvalue weighted by Gasteiger charge is -2.15. The summed E-state index contributed by atoms with van der Waals surface area (Å²) in [4.78, 5) is 26.0. The van der Waals surface area contributed by atoms with Gasteiger partial charge < -0.3 is 4.90 Å². The molecule has 0 radical (unpaired) electrons. The number of rotatable bonds is 0. The van der Waals surface area contributed by atoms with Gasteiger partial charge in [-0.05, 0) is 29.7 Å². The molecule has 7 heteroatoms. The Labute approximate surface area is 132 Å². The summed E-state index contributed by atoms with van der Waals surface area (Å²) in [6.45, 7) is 0.736. The van der Waals surface area contributed by atoms with Gasteiger partial charge in [0.05, 0.1) is 17.1 Å². The van der Waals surface area contributed by atoms with E-state index < -0.39 is 9.21 Å². The monoisotopic (exact) mass is 320 g/mol. The van der Waals surface area contributed by atoms with Crippen molar-refractivity contribution in [3.63, 3.8) is 0 Å². The fraction of sp³-hybridized carbons (Fsp3) is 0.0625. The minimum absolute atomic E-state index is 0.673. The summed E-state index contributed by atoms with van der Waals surface area (Å²) in [5.41, 5.74) is 2.62. The van der Waals surface area contributed by atoms with Crippen molar-refractivity contribution in [1.29, 1.82) is 0 Å². The smallest absolute Gasteiger partial charge is 0.186 e. The third-order valence-electron chi connectivity index (χ3n) is 3.93. The molecule has 0 aliphatic carbocycles. The molecule has 0 aromatic carbocycles. The van der Waals surface area contributed by atoms with Crippen molar-refractivity contribution in [2.45, 2.75) is 0 Å². The normalized spacial score (nSPS) is 26.3. The number of fused-ring (bicyclic) bond motifs is 2. The average Bonchev–Trinajstić information content (AvgIpc) is 3.31. The molecule has 0 amide bonds. The van der Waals surface area contributed by atoms with E-state index in [1.165, 1.54) is 0 Å². The van der Waals surface area contributed by atoms with Gasteiger partial charge in [-0.15, -0.1) is 0 Å². The lowest BCUT2D eigenvalue weighted by atomic mass is 10.3. The zero-order valence-electron chi connectivity index (χ0n) is 12.1. The second-order valence-corrected chi connectivity index (χ2v) is 8.03. The summed E-state index contributed by atoms with van der Waals surface area (Å²) in [5.74, 6) is 0.956. The Morgan fingerprint density at radius 3 is 2.96 bits per heavy atom. The standard InChI is InChI=1S/C16H12N6S/c1-2-8-22-10-14(20-13(22)5-1)23(9-7-17-11-23)16-19-12-4-3-6-18-15(12)21-16/h1-9,11H,10H2. The molecule has 5 heterocycles. The fourth-order valence-electron chi connectivity index (χ4n) is 2.78. The Balaban J connectivity index is 1.86. The molecule has 0 fully saturated rings. The SMILES string of the molecule is C1=CC2=NC(=S3(=C4N=c5cccnc5=N4)C=CN=C3)CN2C=C1. The van der Waals surface area contributed by atoms with Gasteiger partial charge in [0, 0.05) is 18.6 Å². The van der Waals surface area contributed by atoms with Crippen molar-refractivity contribution in [3.8, 4) is 0 Å². The summed E-state index contributed by atoms with van der Waals surface area (Å²) in [7, 11) is -1.65. The Kier molecular flexibility index (Phi) is 2.54. The first-order valence-corrected chi connectivity index (χ1v) is 8.96. The molecule has 1 unspecified atom stereocenters. The molecule has 0 spiro atoms. The summed E-state index contributed by atoms with van der Waals surface area (Å²) >= 11 is 0. The maximum Gasteiger partial charge on any atom is 0.186 e. The molecule has 4 aliphatic heterocycles. The van der Waals surface area contributed by atoms with Gasteiger partial charge in [0.15, 0.2) is 10.6 Å². The molecule has 0 saturated heterocycles. The number of aliphatic imine (C=N–C) groups is 2. The van der Waals surface area contributed by atoms with Gasteiger partial charge in [0.25, 0.3) is 0 Å². The Morgan fingerprint density at radius 1 is 1.13 bits per heavy atom. The van der Waals surface area contributed by atoms with E-state index in [2.05, 4.69) is 25.3 Å². The van der Waals surface area contributed by atoms with Gasteiger partial charge in [-0.1, -0.05) is 15.3 Å². The number of hydrogen-bond acceptors (Lipinski definition) is 3. The van der Waals surface area contributed by atoms with Crippen LogP contribution < -0.4 is 10.8 Å². The molecule has 5 rings (SSSR count). The minimum atomic E-state index is -1.65. The summed E-state index contributed by atoms with van der Waals surface area (Å²) in [5, 5.41) is 3.66. The third kappa shape index (κ3) is 1.80. The van der Waals surface area contributed by atoms with E-state index in [9.17, 15) is 0 Å². The first-order valence-electron chi connectivity index (χ1n) is 7.20. The molecular weight excluding hydrogens is 308 g/mol. The molecule has 112 valence electrons. The minimum Gasteiger partial charge on any atom is -0.326 e. The van der Waals surface area contributed by atoms with Crippen LogP contribution in [0.15, 0.2) is 74.3 Å². The number of pyridine rings is 1. The maximum atomic E-state index is 4.83. The van der Waals surface area contributed by atoms with Crippen LogP contribution in [-0.2, 0) is 0 Å². The highest BCUT2D eigenvalue weighted by Gasteiger charge is 2.25. The third-order valence-corrected chi connectivity index (χ3v) is 6.72. The van der Waals surface area contributed by atoms with Crippen LogP contribution >= 0.6 is 9.21 Å². The number of hydrogen-bond donors (Lipinski definition) is 0. The molecule has 1 aromatic rings. The quantitative estimate of drug-likeness (QED) is 0.659. The predicted molar refractivity (Wildman–Crippen MR) is 94.2 cm³/mol. The van der Waals surface area contributed by atoms with E-state index in [4.69, 9.17) is 9.98 Å². The Bertz CT molecular complexity index is 1070. The van der Waals surface area contributed by atoms with Crippen LogP contribution in [0.4, 0.5) is 0 Å². The van der Waals surface area contributed by atoms with Crippen LogP contribution in [0.25, 0.3) is 0 Å². The summed E-state index contributed by atoms with van der Waals surface area (Å²) in [6.07, 6.45) is 11.6. The van der Waals surface area contributed by atoms with Crippen LogP contribution in [0, 0.1) is 0 Å². The first-order chi connectivity index (χ1) is 11.4. The molecule has 23 heavy (non-hydrogen) atoms. The second kappa shape index (κ2) is 4.60. The van der Waals surface area contributed by atoms with E-state index in [-0.39, 0.29) is 0 Å². The van der Waals surface area contributed by atoms with E-state index in [0.717, 1.165) is 27.8 Å². The zero-order valence-corrected chi connectivity index (χ0v) is 12.9. The molecule has 6 nitrogen and oxygen atoms in total. The van der Waals surface area contributed by atoms with Crippen molar-refractivity contribution >= 4 is 30.7 Å². The van der Waals surface area contributed by atoms with Crippen LogP contribution in [0.3, 0.4) is 0 Å². The van der Waals surface area contributed by atoms with Crippen LogP contribution in [0.1, 0.15) is 0 Å². The zero-order chi connectivity index (χ0) is 15.3. The molecule has 1 aromatic heterocycles. The number of nitrogens with zero attached hydrogens (tertiary/aromatic N) is 6. The molecular formula is C16H12N6S. The summed E-state index contributed by atoms with van der Waals surface area (Å²) < 4.78 is 0. The molecule has 0 N–H and O–H groups in total. The van der Waals surface area contributed by atoms with Crippen molar-refractivity contribution in [2.24, 2.45) is 20.0 Å². The van der Waals surface area contributed by atoms with Gasteiger partial charge in [-0.3, -0.25) is 4.99 Å². The van der Waals surface area contributed by atoms with E-state index in [0.29, 0.717) is 5.49 Å². The van der Waals surface area contributed by atoms with Gasteiger partial charge in [-0.2, -0.15) is 0 Å². The number of aromatic nitrogens is 1. The lowest BCUT2D eigenvalue weighted by Crippen LogP contribution is -2.23. The summed E-state index contributed by atoms with van der Waals surface area (Å²) in [6, 6.07) is 3.81. The highest BCUT2D eigenvalue weighted by molar-refractivity contribution is 8.43. The molecule has 0 bridgehead atoms. The fourth-order valence-corrected chi connectivity index (χ4v) is 5.16. The number of amidine groups is 1. The topological polar surface area (TPSA) is 65.6 Å². The maximum absolute atomic E-state index is 4.83. The van der Waals surface area contributed by atoms with Crippen molar-refractivity contribution in [2.75, 3.05) is 6.54 Å². The Morgan fingerprint density at radius 2 is 2.13 bits per heavy atom. The highest BCUT2D eigenvalue weighted by atomic mass is 32.2. The largest absolute Gasteiger partial charge is 0.326 e. The number of allylic oxidation sites excluding steroid dienone is 2. The second-order valence-electron chi connectivity index (χ2n) is 5.29. The highest BCUT2D eigenvalue weighted by Crippen LogP contribution is 2.35. The Hall–Kier alpha value is -2.80. The van der Waals surface area contributed by atoms with Crippen LogP contribution in [0.5, 0.6) is 0 Å². The first kappa shape index (κ1) is 12.7. The van der Waals surface area contributed by atoms with E-state index >= 15 is 0 Å². The lowest BCUT2D eigenvalue weighted by molar-refractivity contribution is 0.664. The molecule has 1 atom stereocenters. The van der Waals surface area contributed by atoms with E-state index in [1.807, 2.05) is 48.3 Å². The van der Waals surface area contributed by atoms with Gasteiger partial charge in [0.1, 0.15) is 11.2 Å². The van der Waals surface area contributed by atoms with Crippen molar-refractivity contribution in [1.82, 2.24) is 9.88 Å².